The largest absolute Gasteiger partial charge is 0.380 e. The van der Waals surface area contributed by atoms with Gasteiger partial charge >= 0.3 is 0 Å². The number of hydrogen-bond acceptors (Lipinski definition) is 2. The molecule has 5 rings (SSSR count). The van der Waals surface area contributed by atoms with Gasteiger partial charge in [-0.1, -0.05) is 78.9 Å². The molecule has 0 aliphatic heterocycles. The second-order valence-electron chi connectivity index (χ2n) is 7.32. The monoisotopic (exact) mass is 351 g/mol. The summed E-state index contributed by atoms with van der Waals surface area (Å²) < 4.78 is 0. The van der Waals surface area contributed by atoms with Crippen LogP contribution >= 0.6 is 0 Å². The Morgan fingerprint density at radius 2 is 1.37 bits per heavy atom. The minimum Gasteiger partial charge on any atom is -0.380 e. The Labute approximate surface area is 159 Å². The van der Waals surface area contributed by atoms with Gasteiger partial charge in [-0.2, -0.15) is 0 Å². The Kier molecular flexibility index (Phi) is 3.80. The molecule has 2 heteroatoms. The SMILES string of the molecule is OC(c1ccccc1)(c1ccccc1)C1CCc2cc3ccccc3nc21. The molecule has 0 spiro atoms. The van der Waals surface area contributed by atoms with Gasteiger partial charge in [0.15, 0.2) is 0 Å². The Hall–Kier alpha value is -2.97. The maximum Gasteiger partial charge on any atom is 0.123 e. The van der Waals surface area contributed by atoms with Crippen LogP contribution in [0.1, 0.15) is 34.7 Å². The molecule has 1 N–H and O–H groups in total. The van der Waals surface area contributed by atoms with Crippen LogP contribution in [-0.2, 0) is 12.0 Å². The van der Waals surface area contributed by atoms with Crippen molar-refractivity contribution in [3.8, 4) is 0 Å². The molecular formula is C25H21NO. The lowest BCUT2D eigenvalue weighted by atomic mass is 9.74. The summed E-state index contributed by atoms with van der Waals surface area (Å²) in [5.41, 5.74) is 4.02. The van der Waals surface area contributed by atoms with Gasteiger partial charge in [-0.25, -0.2) is 0 Å². The third-order valence-corrected chi connectivity index (χ3v) is 5.80. The van der Waals surface area contributed by atoms with E-state index in [-0.39, 0.29) is 5.92 Å². The fourth-order valence-corrected chi connectivity index (χ4v) is 4.47. The van der Waals surface area contributed by atoms with E-state index in [1.54, 1.807) is 0 Å². The molecule has 1 aliphatic rings. The first-order chi connectivity index (χ1) is 13.3. The van der Waals surface area contributed by atoms with Crippen LogP contribution in [0.4, 0.5) is 0 Å². The van der Waals surface area contributed by atoms with E-state index in [1.165, 1.54) is 10.9 Å². The van der Waals surface area contributed by atoms with Gasteiger partial charge < -0.3 is 5.11 Å². The maximum atomic E-state index is 12.1. The topological polar surface area (TPSA) is 33.1 Å². The van der Waals surface area contributed by atoms with Crippen molar-refractivity contribution in [3.05, 3.63) is 113 Å². The number of pyridine rings is 1. The molecule has 0 radical (unpaired) electrons. The van der Waals surface area contributed by atoms with Crippen molar-refractivity contribution in [2.75, 3.05) is 0 Å². The summed E-state index contributed by atoms with van der Waals surface area (Å²) in [5.74, 6) is -0.0677. The predicted octanol–water partition coefficient (Wildman–Crippen LogP) is 5.20. The Bertz CT molecular complexity index is 1050. The van der Waals surface area contributed by atoms with E-state index in [9.17, 15) is 5.11 Å². The van der Waals surface area contributed by atoms with E-state index >= 15 is 0 Å². The van der Waals surface area contributed by atoms with Gasteiger partial charge in [0.2, 0.25) is 0 Å². The zero-order valence-corrected chi connectivity index (χ0v) is 15.0. The molecule has 2 nitrogen and oxygen atoms in total. The number of rotatable bonds is 3. The highest BCUT2D eigenvalue weighted by Crippen LogP contribution is 2.48. The number of fused-ring (bicyclic) bond motifs is 2. The molecule has 1 atom stereocenters. The highest BCUT2D eigenvalue weighted by atomic mass is 16.3. The fourth-order valence-electron chi connectivity index (χ4n) is 4.47. The van der Waals surface area contributed by atoms with Gasteiger partial charge in [0.1, 0.15) is 5.60 Å². The maximum absolute atomic E-state index is 12.1. The summed E-state index contributed by atoms with van der Waals surface area (Å²) in [4.78, 5) is 4.99. The average molecular weight is 351 g/mol. The quantitative estimate of drug-likeness (QED) is 0.550. The number of hydrogen-bond donors (Lipinski definition) is 1. The molecule has 132 valence electrons. The summed E-state index contributed by atoms with van der Waals surface area (Å²) in [6.07, 6.45) is 1.83. The lowest BCUT2D eigenvalue weighted by Gasteiger charge is -2.35. The summed E-state index contributed by atoms with van der Waals surface area (Å²) in [7, 11) is 0. The number of benzene rings is 3. The standard InChI is InChI=1S/C25H21NO/c27-25(20-10-3-1-4-11-20,21-12-5-2-6-13-21)22-16-15-19-17-18-9-7-8-14-23(18)26-24(19)22/h1-14,17,22,27H,15-16H2. The van der Waals surface area contributed by atoms with Crippen molar-refractivity contribution in [2.45, 2.75) is 24.4 Å². The normalized spacial score (nSPS) is 16.4. The molecule has 1 aliphatic carbocycles. The van der Waals surface area contributed by atoms with E-state index in [0.29, 0.717) is 0 Å². The van der Waals surface area contributed by atoms with Crippen LogP contribution in [0.15, 0.2) is 91.0 Å². The van der Waals surface area contributed by atoms with Crippen molar-refractivity contribution < 1.29 is 5.11 Å². The smallest absolute Gasteiger partial charge is 0.123 e. The van der Waals surface area contributed by atoms with Crippen LogP contribution in [0, 0.1) is 0 Å². The Balaban J connectivity index is 1.73. The molecule has 0 fully saturated rings. The average Bonchev–Trinajstić information content (AvgIpc) is 3.16. The van der Waals surface area contributed by atoms with E-state index in [2.05, 4.69) is 18.2 Å². The van der Waals surface area contributed by atoms with Crippen LogP contribution in [-0.4, -0.2) is 10.1 Å². The Morgan fingerprint density at radius 3 is 2.04 bits per heavy atom. The minimum absolute atomic E-state index is 0.0677. The summed E-state index contributed by atoms with van der Waals surface area (Å²) in [6, 6.07) is 30.5. The number of nitrogens with zero attached hydrogens (tertiary/aromatic N) is 1. The van der Waals surface area contributed by atoms with Crippen molar-refractivity contribution in [1.82, 2.24) is 4.98 Å². The van der Waals surface area contributed by atoms with Crippen molar-refractivity contribution in [2.24, 2.45) is 0 Å². The summed E-state index contributed by atoms with van der Waals surface area (Å²) >= 11 is 0. The molecule has 4 aromatic rings. The van der Waals surface area contributed by atoms with Crippen LogP contribution in [0.5, 0.6) is 0 Å². The van der Waals surface area contributed by atoms with E-state index in [1.807, 2.05) is 72.8 Å². The van der Waals surface area contributed by atoms with Gasteiger partial charge in [-0.15, -0.1) is 0 Å². The van der Waals surface area contributed by atoms with Crippen LogP contribution < -0.4 is 0 Å². The first-order valence-electron chi connectivity index (χ1n) is 9.49. The molecule has 0 bridgehead atoms. The van der Waals surface area contributed by atoms with Crippen molar-refractivity contribution >= 4 is 10.9 Å². The number of aromatic nitrogens is 1. The van der Waals surface area contributed by atoms with E-state index < -0.39 is 5.60 Å². The van der Waals surface area contributed by atoms with Gasteiger partial charge in [-0.3, -0.25) is 4.98 Å². The first kappa shape index (κ1) is 16.2. The first-order valence-corrected chi connectivity index (χ1v) is 9.49. The third-order valence-electron chi connectivity index (χ3n) is 5.80. The predicted molar refractivity (Wildman–Crippen MR) is 109 cm³/mol. The summed E-state index contributed by atoms with van der Waals surface area (Å²) in [5, 5.41) is 13.3. The molecule has 0 saturated heterocycles. The van der Waals surface area contributed by atoms with Crippen LogP contribution in [0.3, 0.4) is 0 Å². The highest BCUT2D eigenvalue weighted by molar-refractivity contribution is 5.80. The highest BCUT2D eigenvalue weighted by Gasteiger charge is 2.44. The number of para-hydroxylation sites is 1. The van der Waals surface area contributed by atoms with Crippen molar-refractivity contribution in [3.63, 3.8) is 0 Å². The van der Waals surface area contributed by atoms with Gasteiger partial charge in [0.25, 0.3) is 0 Å². The molecule has 1 aromatic heterocycles. The minimum atomic E-state index is -1.09. The summed E-state index contributed by atoms with van der Waals surface area (Å²) in [6.45, 7) is 0. The molecule has 1 heterocycles. The zero-order chi connectivity index (χ0) is 18.3. The van der Waals surface area contributed by atoms with Gasteiger partial charge in [0, 0.05) is 11.3 Å². The fraction of sp³-hybridized carbons (Fsp3) is 0.160. The second-order valence-corrected chi connectivity index (χ2v) is 7.32. The van der Waals surface area contributed by atoms with Crippen LogP contribution in [0.25, 0.3) is 10.9 Å². The number of aliphatic hydroxyl groups is 1. The lowest BCUT2D eigenvalue weighted by molar-refractivity contribution is 0.0485. The van der Waals surface area contributed by atoms with E-state index in [0.717, 1.165) is 35.2 Å². The molecule has 27 heavy (non-hydrogen) atoms. The molecule has 0 amide bonds. The molecule has 0 saturated carbocycles. The zero-order valence-electron chi connectivity index (χ0n) is 15.0. The molecular weight excluding hydrogens is 330 g/mol. The van der Waals surface area contributed by atoms with Crippen molar-refractivity contribution in [1.29, 1.82) is 0 Å². The van der Waals surface area contributed by atoms with Gasteiger partial charge in [-0.05, 0) is 41.7 Å². The van der Waals surface area contributed by atoms with E-state index in [4.69, 9.17) is 4.98 Å². The molecule has 3 aromatic carbocycles. The third kappa shape index (κ3) is 2.56. The lowest BCUT2D eigenvalue weighted by Crippen LogP contribution is -2.34. The van der Waals surface area contributed by atoms with Gasteiger partial charge in [0.05, 0.1) is 11.2 Å². The van der Waals surface area contributed by atoms with Crippen LogP contribution in [0.2, 0.25) is 0 Å². The Morgan fingerprint density at radius 1 is 0.778 bits per heavy atom. The number of aryl methyl sites for hydroxylation is 1. The molecule has 1 unspecified atom stereocenters. The second kappa shape index (κ2) is 6.33.